The minimum atomic E-state index is -4.58. The van der Waals surface area contributed by atoms with E-state index >= 15 is 0 Å². The van der Waals surface area contributed by atoms with Crippen LogP contribution in [-0.4, -0.2) is 42.0 Å². The number of rotatable bonds is 4. The van der Waals surface area contributed by atoms with E-state index in [9.17, 15) is 27.6 Å². The van der Waals surface area contributed by atoms with Crippen LogP contribution in [0.15, 0.2) is 24.3 Å². The first kappa shape index (κ1) is 18.1. The average Bonchev–Trinajstić information content (AvgIpc) is 2.69. The number of benzene rings is 1. The van der Waals surface area contributed by atoms with Crippen molar-refractivity contribution in [1.82, 2.24) is 15.5 Å². The van der Waals surface area contributed by atoms with Gasteiger partial charge in [0.15, 0.2) is 0 Å². The van der Waals surface area contributed by atoms with Gasteiger partial charge >= 0.3 is 12.2 Å². The molecule has 10 heteroatoms. The molecule has 0 spiro atoms. The third-order valence-corrected chi connectivity index (χ3v) is 3.80. The molecule has 0 aromatic heterocycles. The molecule has 1 fully saturated rings. The SMILES string of the molecule is C[C@]1(c2ccccc2Cl)NC(=O)N(CC(=O)NCC(F)(F)F)C1=O. The predicted molar refractivity (Wildman–Crippen MR) is 78.1 cm³/mol. The Morgan fingerprint density at radius 2 is 1.96 bits per heavy atom. The third kappa shape index (κ3) is 3.61. The number of amides is 4. The Balaban J connectivity index is 2.15. The van der Waals surface area contributed by atoms with Crippen LogP contribution in [0.1, 0.15) is 12.5 Å². The standard InChI is InChI=1S/C14H13ClF3N3O3/c1-13(8-4-2-3-5-9(8)15)11(23)21(12(24)20-13)6-10(22)19-7-14(16,17)18/h2-5H,6-7H2,1H3,(H,19,22)(H,20,24)/t13-/m1/s1. The third-order valence-electron chi connectivity index (χ3n) is 3.48. The fourth-order valence-electron chi connectivity index (χ4n) is 2.29. The zero-order chi connectivity index (χ0) is 18.1. The average molecular weight is 364 g/mol. The van der Waals surface area contributed by atoms with Crippen molar-refractivity contribution in [2.75, 3.05) is 13.1 Å². The monoisotopic (exact) mass is 363 g/mol. The highest BCUT2D eigenvalue weighted by atomic mass is 35.5. The number of hydrogen-bond acceptors (Lipinski definition) is 3. The summed E-state index contributed by atoms with van der Waals surface area (Å²) in [6.45, 7) is -0.958. The van der Waals surface area contributed by atoms with Gasteiger partial charge in [0, 0.05) is 10.6 Å². The summed E-state index contributed by atoms with van der Waals surface area (Å²) in [7, 11) is 0. The molecule has 0 saturated carbocycles. The molecule has 1 aliphatic rings. The van der Waals surface area contributed by atoms with E-state index in [1.807, 2.05) is 0 Å². The number of urea groups is 1. The highest BCUT2D eigenvalue weighted by Gasteiger charge is 2.50. The van der Waals surface area contributed by atoms with E-state index in [4.69, 9.17) is 11.6 Å². The van der Waals surface area contributed by atoms with E-state index in [-0.39, 0.29) is 5.02 Å². The second-order valence-corrected chi connectivity index (χ2v) is 5.73. The molecule has 0 unspecified atom stereocenters. The van der Waals surface area contributed by atoms with Gasteiger partial charge in [-0.2, -0.15) is 13.2 Å². The number of alkyl halides is 3. The van der Waals surface area contributed by atoms with Crippen LogP contribution >= 0.6 is 11.6 Å². The van der Waals surface area contributed by atoms with Crippen molar-refractivity contribution in [2.45, 2.75) is 18.6 Å². The van der Waals surface area contributed by atoms with Crippen molar-refractivity contribution in [1.29, 1.82) is 0 Å². The first-order valence-electron chi connectivity index (χ1n) is 6.77. The lowest BCUT2D eigenvalue weighted by Gasteiger charge is -2.23. The Hall–Kier alpha value is -2.29. The van der Waals surface area contributed by atoms with E-state index in [1.54, 1.807) is 17.4 Å². The highest BCUT2D eigenvalue weighted by molar-refractivity contribution is 6.32. The number of carbonyl (C=O) groups excluding carboxylic acids is 3. The second-order valence-electron chi connectivity index (χ2n) is 5.32. The van der Waals surface area contributed by atoms with Gasteiger partial charge in [0.05, 0.1) is 0 Å². The topological polar surface area (TPSA) is 78.5 Å². The summed E-state index contributed by atoms with van der Waals surface area (Å²) in [4.78, 5) is 36.6. The lowest BCUT2D eigenvalue weighted by molar-refractivity contribution is -0.141. The fourth-order valence-corrected chi connectivity index (χ4v) is 2.61. The van der Waals surface area contributed by atoms with Crippen LogP contribution in [0.25, 0.3) is 0 Å². The number of hydrogen-bond donors (Lipinski definition) is 2. The highest BCUT2D eigenvalue weighted by Crippen LogP contribution is 2.33. The molecule has 1 aromatic rings. The Morgan fingerprint density at radius 1 is 1.33 bits per heavy atom. The van der Waals surface area contributed by atoms with Crippen molar-refractivity contribution in [3.8, 4) is 0 Å². The summed E-state index contributed by atoms with van der Waals surface area (Å²) in [5.74, 6) is -1.87. The van der Waals surface area contributed by atoms with E-state index in [0.29, 0.717) is 10.5 Å². The number of imide groups is 1. The molecule has 0 bridgehead atoms. The quantitative estimate of drug-likeness (QED) is 0.800. The lowest BCUT2D eigenvalue weighted by Crippen LogP contribution is -2.44. The summed E-state index contributed by atoms with van der Waals surface area (Å²) >= 11 is 6.03. The Labute approximate surface area is 139 Å². The van der Waals surface area contributed by atoms with Gasteiger partial charge in [-0.3, -0.25) is 14.5 Å². The van der Waals surface area contributed by atoms with Gasteiger partial charge in [0.2, 0.25) is 5.91 Å². The van der Waals surface area contributed by atoms with Crippen molar-refractivity contribution in [2.24, 2.45) is 0 Å². The van der Waals surface area contributed by atoms with Gasteiger partial charge in [0.25, 0.3) is 5.91 Å². The summed E-state index contributed by atoms with van der Waals surface area (Å²) < 4.78 is 36.2. The van der Waals surface area contributed by atoms with Crippen molar-refractivity contribution in [3.63, 3.8) is 0 Å². The number of nitrogens with zero attached hydrogens (tertiary/aromatic N) is 1. The van der Waals surface area contributed by atoms with Gasteiger partial charge in [-0.15, -0.1) is 0 Å². The molecule has 2 N–H and O–H groups in total. The van der Waals surface area contributed by atoms with Gasteiger partial charge in [0.1, 0.15) is 18.6 Å². The molecule has 1 aliphatic heterocycles. The van der Waals surface area contributed by atoms with Gasteiger partial charge < -0.3 is 10.6 Å². The molecule has 1 saturated heterocycles. The Morgan fingerprint density at radius 3 is 2.54 bits per heavy atom. The molecule has 4 amide bonds. The first-order valence-corrected chi connectivity index (χ1v) is 7.15. The summed E-state index contributed by atoms with van der Waals surface area (Å²) in [5, 5.41) is 4.25. The summed E-state index contributed by atoms with van der Waals surface area (Å²) in [5.41, 5.74) is -1.18. The molecule has 24 heavy (non-hydrogen) atoms. The maximum absolute atomic E-state index is 12.5. The maximum atomic E-state index is 12.5. The number of carbonyl (C=O) groups is 3. The van der Waals surface area contributed by atoms with Gasteiger partial charge in [-0.05, 0) is 13.0 Å². The molecule has 6 nitrogen and oxygen atoms in total. The minimum absolute atomic E-state index is 0.233. The minimum Gasteiger partial charge on any atom is -0.345 e. The van der Waals surface area contributed by atoms with E-state index < -0.39 is 42.7 Å². The molecule has 1 aromatic carbocycles. The molecule has 0 radical (unpaired) electrons. The van der Waals surface area contributed by atoms with Crippen LogP contribution in [0, 0.1) is 0 Å². The molecular weight excluding hydrogens is 351 g/mol. The normalized spacial score (nSPS) is 21.0. The number of halogens is 4. The second kappa shape index (κ2) is 6.31. The van der Waals surface area contributed by atoms with Crippen molar-refractivity contribution < 1.29 is 27.6 Å². The van der Waals surface area contributed by atoms with Crippen LogP contribution in [-0.2, 0) is 15.1 Å². The molecular formula is C14H13ClF3N3O3. The van der Waals surface area contributed by atoms with Crippen LogP contribution in [0.3, 0.4) is 0 Å². The Bertz CT molecular complexity index is 695. The summed E-state index contributed by atoms with van der Waals surface area (Å²) in [6.07, 6.45) is -4.58. The molecule has 0 aliphatic carbocycles. The Kier molecular flexibility index (Phi) is 4.75. The van der Waals surface area contributed by atoms with Crippen molar-refractivity contribution in [3.05, 3.63) is 34.9 Å². The largest absolute Gasteiger partial charge is 0.405 e. The summed E-state index contributed by atoms with van der Waals surface area (Å²) in [6, 6.07) is 5.43. The van der Waals surface area contributed by atoms with E-state index in [0.717, 1.165) is 0 Å². The predicted octanol–water partition coefficient (Wildman–Crippen LogP) is 1.79. The van der Waals surface area contributed by atoms with E-state index in [2.05, 4.69) is 5.32 Å². The van der Waals surface area contributed by atoms with Gasteiger partial charge in [-0.25, -0.2) is 4.79 Å². The molecule has 1 heterocycles. The van der Waals surface area contributed by atoms with Crippen LogP contribution in [0.4, 0.5) is 18.0 Å². The first-order chi connectivity index (χ1) is 11.0. The van der Waals surface area contributed by atoms with Crippen LogP contribution in [0.5, 0.6) is 0 Å². The van der Waals surface area contributed by atoms with Gasteiger partial charge in [-0.1, -0.05) is 29.8 Å². The molecule has 1 atom stereocenters. The van der Waals surface area contributed by atoms with Crippen LogP contribution in [0.2, 0.25) is 5.02 Å². The number of nitrogens with one attached hydrogen (secondary N) is 2. The van der Waals surface area contributed by atoms with Crippen LogP contribution < -0.4 is 10.6 Å². The zero-order valence-corrected chi connectivity index (χ0v) is 13.2. The zero-order valence-electron chi connectivity index (χ0n) is 12.4. The maximum Gasteiger partial charge on any atom is 0.405 e. The molecule has 130 valence electrons. The molecule has 2 rings (SSSR count). The smallest absolute Gasteiger partial charge is 0.345 e. The fraction of sp³-hybridized carbons (Fsp3) is 0.357. The lowest BCUT2D eigenvalue weighted by atomic mass is 9.92. The van der Waals surface area contributed by atoms with E-state index in [1.165, 1.54) is 19.1 Å². The van der Waals surface area contributed by atoms with Crippen molar-refractivity contribution >= 4 is 29.4 Å².